The van der Waals surface area contributed by atoms with Gasteiger partial charge in [0.2, 0.25) is 0 Å². The highest BCUT2D eigenvalue weighted by Crippen LogP contribution is 2.56. The van der Waals surface area contributed by atoms with E-state index in [0.29, 0.717) is 5.41 Å². The minimum Gasteiger partial charge on any atom is -0.496 e. The van der Waals surface area contributed by atoms with E-state index in [1.807, 2.05) is 0 Å². The molecule has 1 saturated carbocycles. The maximum atomic E-state index is 5.57. The fraction of sp³-hybridized carbons (Fsp3) is 0.647. The van der Waals surface area contributed by atoms with Crippen LogP contribution in [0.15, 0.2) is 24.3 Å². The van der Waals surface area contributed by atoms with E-state index in [4.69, 9.17) is 4.74 Å². The topological polar surface area (TPSA) is 21.3 Å². The molecular weight excluding hydrogens is 234 g/mol. The van der Waals surface area contributed by atoms with E-state index in [2.05, 4.69) is 50.4 Å². The van der Waals surface area contributed by atoms with Gasteiger partial charge in [0.1, 0.15) is 5.75 Å². The second-order valence-corrected chi connectivity index (χ2v) is 6.68. The van der Waals surface area contributed by atoms with Crippen molar-refractivity contribution in [2.45, 2.75) is 45.4 Å². The van der Waals surface area contributed by atoms with Gasteiger partial charge in [-0.2, -0.15) is 0 Å². The number of para-hydroxylation sites is 1. The summed E-state index contributed by atoms with van der Waals surface area (Å²) < 4.78 is 5.57. The Balaban J connectivity index is 2.23. The fourth-order valence-corrected chi connectivity index (χ4v) is 3.78. The first-order chi connectivity index (χ1) is 9.03. The molecule has 0 radical (unpaired) electrons. The van der Waals surface area contributed by atoms with Crippen LogP contribution in [0.25, 0.3) is 0 Å². The van der Waals surface area contributed by atoms with Gasteiger partial charge >= 0.3 is 0 Å². The molecule has 2 rings (SSSR count). The average molecular weight is 261 g/mol. The largest absolute Gasteiger partial charge is 0.496 e. The number of methoxy groups -OCH3 is 1. The first kappa shape index (κ1) is 14.4. The summed E-state index contributed by atoms with van der Waals surface area (Å²) in [6, 6.07) is 8.51. The smallest absolute Gasteiger partial charge is 0.122 e. The van der Waals surface area contributed by atoms with Crippen molar-refractivity contribution in [1.82, 2.24) is 5.32 Å². The lowest BCUT2D eigenvalue weighted by Crippen LogP contribution is -2.52. The first-order valence-corrected chi connectivity index (χ1v) is 7.37. The summed E-state index contributed by atoms with van der Waals surface area (Å²) in [6.45, 7) is 9.09. The van der Waals surface area contributed by atoms with Gasteiger partial charge in [-0.15, -0.1) is 0 Å². The summed E-state index contributed by atoms with van der Waals surface area (Å²) >= 11 is 0. The van der Waals surface area contributed by atoms with E-state index in [9.17, 15) is 0 Å². The maximum Gasteiger partial charge on any atom is 0.122 e. The highest BCUT2D eigenvalue weighted by molar-refractivity contribution is 5.42. The molecule has 0 aromatic heterocycles. The predicted octanol–water partition coefficient (Wildman–Crippen LogP) is 3.75. The number of rotatable bonds is 6. The van der Waals surface area contributed by atoms with Crippen molar-refractivity contribution in [2.24, 2.45) is 5.41 Å². The van der Waals surface area contributed by atoms with E-state index in [-0.39, 0.29) is 5.41 Å². The second-order valence-electron chi connectivity index (χ2n) is 6.68. The maximum absolute atomic E-state index is 5.57. The van der Waals surface area contributed by atoms with Crippen molar-refractivity contribution < 1.29 is 4.74 Å². The van der Waals surface area contributed by atoms with Gasteiger partial charge in [-0.25, -0.2) is 0 Å². The zero-order chi connectivity index (χ0) is 13.9. The Kier molecular flexibility index (Phi) is 4.19. The number of ether oxygens (including phenoxy) is 1. The lowest BCUT2D eigenvalue weighted by atomic mass is 9.51. The number of hydrogen-bond acceptors (Lipinski definition) is 2. The lowest BCUT2D eigenvalue weighted by molar-refractivity contribution is 0.0545. The molecule has 1 aromatic carbocycles. The second kappa shape index (κ2) is 5.54. The number of benzene rings is 1. The van der Waals surface area contributed by atoms with Gasteiger partial charge in [-0.1, -0.05) is 39.0 Å². The monoisotopic (exact) mass is 261 g/mol. The normalized spacial score (nSPS) is 19.8. The molecule has 0 aliphatic heterocycles. The Morgan fingerprint density at radius 2 is 1.89 bits per heavy atom. The van der Waals surface area contributed by atoms with Crippen molar-refractivity contribution in [2.75, 3.05) is 20.2 Å². The van der Waals surface area contributed by atoms with Crippen LogP contribution in [-0.2, 0) is 5.41 Å². The van der Waals surface area contributed by atoms with Crippen LogP contribution in [0, 0.1) is 5.41 Å². The zero-order valence-electron chi connectivity index (χ0n) is 12.8. The summed E-state index contributed by atoms with van der Waals surface area (Å²) in [4.78, 5) is 0. The third-order valence-corrected chi connectivity index (χ3v) is 4.20. The molecule has 0 atom stereocenters. The molecule has 0 amide bonds. The van der Waals surface area contributed by atoms with Gasteiger partial charge in [0, 0.05) is 17.5 Å². The van der Waals surface area contributed by atoms with Gasteiger partial charge < -0.3 is 10.1 Å². The number of hydrogen-bond donors (Lipinski definition) is 1. The Labute approximate surface area is 117 Å². The van der Waals surface area contributed by atoms with Gasteiger partial charge in [0.05, 0.1) is 7.11 Å². The molecule has 2 heteroatoms. The van der Waals surface area contributed by atoms with Crippen LogP contribution in [-0.4, -0.2) is 20.2 Å². The van der Waals surface area contributed by atoms with Crippen LogP contribution in [0.3, 0.4) is 0 Å². The third-order valence-electron chi connectivity index (χ3n) is 4.20. The molecule has 0 saturated heterocycles. The summed E-state index contributed by atoms with van der Waals surface area (Å²) in [6.07, 6.45) is 3.65. The molecule has 106 valence electrons. The Morgan fingerprint density at radius 1 is 1.21 bits per heavy atom. The molecule has 1 aliphatic rings. The summed E-state index contributed by atoms with van der Waals surface area (Å²) in [5.74, 6) is 1.04. The highest BCUT2D eigenvalue weighted by Gasteiger charge is 2.50. The quantitative estimate of drug-likeness (QED) is 0.787. The molecule has 0 unspecified atom stereocenters. The van der Waals surface area contributed by atoms with Crippen LogP contribution >= 0.6 is 0 Å². The van der Waals surface area contributed by atoms with E-state index < -0.39 is 0 Å². The summed E-state index contributed by atoms with van der Waals surface area (Å²) in [5.41, 5.74) is 2.08. The Morgan fingerprint density at radius 3 is 2.47 bits per heavy atom. The van der Waals surface area contributed by atoms with Crippen molar-refractivity contribution >= 4 is 0 Å². The van der Waals surface area contributed by atoms with Gasteiger partial charge in [0.25, 0.3) is 0 Å². The zero-order valence-corrected chi connectivity index (χ0v) is 12.8. The van der Waals surface area contributed by atoms with E-state index in [1.165, 1.54) is 24.8 Å². The van der Waals surface area contributed by atoms with Crippen molar-refractivity contribution in [1.29, 1.82) is 0 Å². The van der Waals surface area contributed by atoms with Crippen LogP contribution < -0.4 is 10.1 Å². The molecule has 0 bridgehead atoms. The van der Waals surface area contributed by atoms with Gasteiger partial charge in [-0.05, 0) is 37.3 Å². The van der Waals surface area contributed by atoms with Crippen molar-refractivity contribution in [3.63, 3.8) is 0 Å². The van der Waals surface area contributed by atoms with Crippen molar-refractivity contribution in [3.05, 3.63) is 29.8 Å². The van der Waals surface area contributed by atoms with E-state index in [1.54, 1.807) is 7.11 Å². The standard InChI is InChI=1S/C17H27NO/c1-5-10-18-13-17(11-16(2,3)12-17)14-8-6-7-9-15(14)19-4/h6-9,18H,5,10-13H2,1-4H3. The minimum absolute atomic E-state index is 0.255. The van der Waals surface area contributed by atoms with E-state index >= 15 is 0 Å². The molecule has 19 heavy (non-hydrogen) atoms. The SMILES string of the molecule is CCCNCC1(c2ccccc2OC)CC(C)(C)C1. The summed E-state index contributed by atoms with van der Waals surface area (Å²) in [7, 11) is 1.77. The molecular formula is C17H27NO. The number of nitrogens with one attached hydrogen (secondary N) is 1. The van der Waals surface area contributed by atoms with Gasteiger partial charge in [0.15, 0.2) is 0 Å². The molecule has 1 aromatic rings. The highest BCUT2D eigenvalue weighted by atomic mass is 16.5. The average Bonchev–Trinajstić information content (AvgIpc) is 2.36. The molecule has 2 nitrogen and oxygen atoms in total. The minimum atomic E-state index is 0.255. The molecule has 1 aliphatic carbocycles. The molecule has 1 N–H and O–H groups in total. The lowest BCUT2D eigenvalue weighted by Gasteiger charge is -2.54. The molecule has 0 spiro atoms. The van der Waals surface area contributed by atoms with Crippen LogP contribution in [0.1, 0.15) is 45.6 Å². The van der Waals surface area contributed by atoms with Crippen LogP contribution in [0.2, 0.25) is 0 Å². The van der Waals surface area contributed by atoms with Gasteiger partial charge in [-0.3, -0.25) is 0 Å². The summed E-state index contributed by atoms with van der Waals surface area (Å²) in [5, 5.41) is 3.61. The van der Waals surface area contributed by atoms with E-state index in [0.717, 1.165) is 18.8 Å². The Bertz CT molecular complexity index is 417. The predicted molar refractivity (Wildman–Crippen MR) is 80.8 cm³/mol. The fourth-order valence-electron chi connectivity index (χ4n) is 3.78. The van der Waals surface area contributed by atoms with Crippen molar-refractivity contribution in [3.8, 4) is 5.75 Å². The first-order valence-electron chi connectivity index (χ1n) is 7.37. The third kappa shape index (κ3) is 2.94. The van der Waals surface area contributed by atoms with Crippen LogP contribution in [0.5, 0.6) is 5.75 Å². The molecule has 1 fully saturated rings. The van der Waals surface area contributed by atoms with Crippen LogP contribution in [0.4, 0.5) is 0 Å². The Hall–Kier alpha value is -1.02. The molecule has 0 heterocycles.